The van der Waals surface area contributed by atoms with Gasteiger partial charge in [-0.05, 0) is 45.4 Å². The number of aromatic nitrogens is 2. The number of carbonyl (C=O) groups is 3. The Kier molecular flexibility index (Phi) is 4.90. The molecule has 0 saturated heterocycles. The van der Waals surface area contributed by atoms with Gasteiger partial charge in [0, 0.05) is 22.3 Å². The average molecular weight is 364 g/mol. The molecule has 0 bridgehead atoms. The van der Waals surface area contributed by atoms with Crippen molar-refractivity contribution in [3.63, 3.8) is 0 Å². The lowest BCUT2D eigenvalue weighted by atomic mass is 10.1. The van der Waals surface area contributed by atoms with Crippen LogP contribution in [0.1, 0.15) is 55.1 Å². The van der Waals surface area contributed by atoms with Crippen molar-refractivity contribution in [3.05, 3.63) is 64.1 Å². The summed E-state index contributed by atoms with van der Waals surface area (Å²) < 4.78 is 5.25. The number of ketones is 2. The van der Waals surface area contributed by atoms with E-state index in [1.807, 2.05) is 18.2 Å². The van der Waals surface area contributed by atoms with Gasteiger partial charge in [-0.25, -0.2) is 4.79 Å². The number of hydrogen-bond acceptors (Lipinski definition) is 5. The largest absolute Gasteiger partial charge is 0.454 e. The lowest BCUT2D eigenvalue weighted by Gasteiger charge is -2.08. The number of aryl methyl sites for hydroxylation is 2. The smallest absolute Gasteiger partial charge is 0.339 e. The first-order chi connectivity index (χ1) is 12.8. The van der Waals surface area contributed by atoms with Gasteiger partial charge in [-0.15, -0.1) is 0 Å². The van der Waals surface area contributed by atoms with Crippen molar-refractivity contribution >= 4 is 28.4 Å². The molecule has 0 spiro atoms. The second kappa shape index (κ2) is 7.15. The fourth-order valence-corrected chi connectivity index (χ4v) is 3.31. The minimum atomic E-state index is -0.585. The van der Waals surface area contributed by atoms with E-state index in [1.165, 1.54) is 6.92 Å². The van der Waals surface area contributed by atoms with Gasteiger partial charge in [0.15, 0.2) is 12.4 Å². The number of pyridine rings is 1. The topological polar surface area (TPSA) is 89.1 Å². The van der Waals surface area contributed by atoms with Crippen molar-refractivity contribution in [2.24, 2.45) is 0 Å². The number of para-hydroxylation sites is 1. The average Bonchev–Trinajstić information content (AvgIpc) is 2.93. The van der Waals surface area contributed by atoms with Crippen molar-refractivity contribution < 1.29 is 19.1 Å². The second-order valence-electron chi connectivity index (χ2n) is 6.51. The maximum Gasteiger partial charge on any atom is 0.339 e. The van der Waals surface area contributed by atoms with Gasteiger partial charge < -0.3 is 9.72 Å². The highest BCUT2D eigenvalue weighted by molar-refractivity contribution is 6.06. The molecule has 2 heterocycles. The monoisotopic (exact) mass is 364 g/mol. The Hall–Kier alpha value is -3.28. The fraction of sp³-hybridized carbons (Fsp3) is 0.238. The van der Waals surface area contributed by atoms with Crippen molar-refractivity contribution in [1.82, 2.24) is 9.97 Å². The first-order valence-corrected chi connectivity index (χ1v) is 8.56. The van der Waals surface area contributed by atoms with E-state index in [-0.39, 0.29) is 11.6 Å². The summed E-state index contributed by atoms with van der Waals surface area (Å²) in [4.78, 5) is 44.1. The molecule has 0 unspecified atom stereocenters. The lowest BCUT2D eigenvalue weighted by molar-refractivity contribution is 0.0475. The van der Waals surface area contributed by atoms with Crippen LogP contribution in [0.2, 0.25) is 0 Å². The number of esters is 1. The van der Waals surface area contributed by atoms with Crippen molar-refractivity contribution in [2.75, 3.05) is 6.61 Å². The van der Waals surface area contributed by atoms with Crippen molar-refractivity contribution in [1.29, 1.82) is 0 Å². The van der Waals surface area contributed by atoms with Crippen LogP contribution in [0.5, 0.6) is 0 Å². The van der Waals surface area contributed by atoms with E-state index >= 15 is 0 Å². The number of nitrogens with zero attached hydrogens (tertiary/aromatic N) is 1. The third-order valence-electron chi connectivity index (χ3n) is 4.47. The Bertz CT molecular complexity index is 1080. The minimum absolute atomic E-state index is 0.115. The third-order valence-corrected chi connectivity index (χ3v) is 4.47. The molecule has 0 fully saturated rings. The molecular formula is C21H20N2O4. The number of ether oxygens (including phenoxy) is 1. The number of benzene rings is 1. The van der Waals surface area contributed by atoms with E-state index in [1.54, 1.807) is 32.9 Å². The van der Waals surface area contributed by atoms with Crippen LogP contribution in [0.3, 0.4) is 0 Å². The predicted octanol–water partition coefficient (Wildman–Crippen LogP) is 3.73. The number of nitrogens with one attached hydrogen (secondary N) is 1. The number of rotatable bonds is 5. The van der Waals surface area contributed by atoms with Crippen LogP contribution in [0.25, 0.3) is 10.9 Å². The number of carbonyl (C=O) groups excluding carboxylic acids is 3. The molecular weight excluding hydrogens is 344 g/mol. The summed E-state index contributed by atoms with van der Waals surface area (Å²) in [5.74, 6) is -1.08. The fourth-order valence-electron chi connectivity index (χ4n) is 3.31. The zero-order valence-electron chi connectivity index (χ0n) is 15.7. The highest BCUT2D eigenvalue weighted by Gasteiger charge is 2.21. The molecule has 0 aliphatic heterocycles. The van der Waals surface area contributed by atoms with Gasteiger partial charge in [0.05, 0.1) is 16.8 Å². The summed E-state index contributed by atoms with van der Waals surface area (Å²) in [6.45, 7) is 6.27. The Morgan fingerprint density at radius 3 is 2.48 bits per heavy atom. The number of H-pyrrole nitrogens is 1. The van der Waals surface area contributed by atoms with Crippen LogP contribution < -0.4 is 0 Å². The summed E-state index contributed by atoms with van der Waals surface area (Å²) in [6, 6.07) is 8.91. The summed E-state index contributed by atoms with van der Waals surface area (Å²) in [5.41, 5.74) is 3.75. The maximum absolute atomic E-state index is 12.5. The molecule has 0 radical (unpaired) electrons. The summed E-state index contributed by atoms with van der Waals surface area (Å²) in [6.07, 6.45) is 0. The van der Waals surface area contributed by atoms with Gasteiger partial charge >= 0.3 is 5.97 Å². The molecule has 3 aromatic rings. The summed E-state index contributed by atoms with van der Waals surface area (Å²) >= 11 is 0. The van der Waals surface area contributed by atoms with Crippen LogP contribution in [0.15, 0.2) is 30.3 Å². The van der Waals surface area contributed by atoms with E-state index in [2.05, 4.69) is 9.97 Å². The third kappa shape index (κ3) is 3.51. The zero-order valence-corrected chi connectivity index (χ0v) is 15.7. The Balaban J connectivity index is 1.82. The quantitative estimate of drug-likeness (QED) is 0.550. The van der Waals surface area contributed by atoms with Crippen LogP contribution in [-0.4, -0.2) is 34.1 Å². The number of fused-ring (bicyclic) bond motifs is 1. The SMILES string of the molecule is CC(=O)c1c(C)[nH]c(C(=O)COC(=O)c2cc(C)nc3ccccc23)c1C. The maximum atomic E-state index is 12.5. The molecule has 1 aromatic carbocycles. The highest BCUT2D eigenvalue weighted by Crippen LogP contribution is 2.21. The first kappa shape index (κ1) is 18.5. The van der Waals surface area contributed by atoms with Crippen LogP contribution in [0, 0.1) is 20.8 Å². The lowest BCUT2D eigenvalue weighted by Crippen LogP contribution is -2.16. The predicted molar refractivity (Wildman–Crippen MR) is 101 cm³/mol. The molecule has 2 aromatic heterocycles. The van der Waals surface area contributed by atoms with E-state index in [0.29, 0.717) is 44.7 Å². The van der Waals surface area contributed by atoms with E-state index in [9.17, 15) is 14.4 Å². The van der Waals surface area contributed by atoms with Crippen LogP contribution in [0.4, 0.5) is 0 Å². The standard InChI is InChI=1S/C21H20N2O4/c1-11-9-16(15-7-5-6-8-17(15)22-11)21(26)27-10-18(25)20-12(2)19(14(4)24)13(3)23-20/h5-9,23H,10H2,1-4H3. The molecule has 0 atom stereocenters. The number of hydrogen-bond donors (Lipinski definition) is 1. The molecule has 6 nitrogen and oxygen atoms in total. The van der Waals surface area contributed by atoms with Gasteiger partial charge in [0.2, 0.25) is 5.78 Å². The Labute approximate surface area is 156 Å². The second-order valence-corrected chi connectivity index (χ2v) is 6.51. The summed E-state index contributed by atoms with van der Waals surface area (Å²) in [5, 5.41) is 0.673. The first-order valence-electron chi connectivity index (χ1n) is 8.56. The number of Topliss-reactive ketones (excluding diaryl/α,β-unsaturated/α-hetero) is 2. The van der Waals surface area contributed by atoms with E-state index < -0.39 is 12.6 Å². The van der Waals surface area contributed by atoms with Gasteiger partial charge in [0.1, 0.15) is 0 Å². The Morgan fingerprint density at radius 1 is 1.11 bits per heavy atom. The molecule has 3 rings (SSSR count). The molecule has 0 aliphatic rings. The molecule has 0 aliphatic carbocycles. The van der Waals surface area contributed by atoms with Gasteiger partial charge in [-0.1, -0.05) is 18.2 Å². The highest BCUT2D eigenvalue weighted by atomic mass is 16.5. The molecule has 6 heteroatoms. The molecule has 27 heavy (non-hydrogen) atoms. The van der Waals surface area contributed by atoms with E-state index in [4.69, 9.17) is 4.74 Å². The normalized spacial score (nSPS) is 10.8. The van der Waals surface area contributed by atoms with Gasteiger partial charge in [-0.2, -0.15) is 0 Å². The molecule has 138 valence electrons. The van der Waals surface area contributed by atoms with Crippen molar-refractivity contribution in [3.8, 4) is 0 Å². The van der Waals surface area contributed by atoms with Gasteiger partial charge in [0.25, 0.3) is 0 Å². The zero-order chi connectivity index (χ0) is 19.7. The molecule has 1 N–H and O–H groups in total. The van der Waals surface area contributed by atoms with E-state index in [0.717, 1.165) is 0 Å². The van der Waals surface area contributed by atoms with Crippen LogP contribution in [-0.2, 0) is 4.74 Å². The van der Waals surface area contributed by atoms with Crippen molar-refractivity contribution in [2.45, 2.75) is 27.7 Å². The Morgan fingerprint density at radius 2 is 1.81 bits per heavy atom. The summed E-state index contributed by atoms with van der Waals surface area (Å²) in [7, 11) is 0. The van der Waals surface area contributed by atoms with Gasteiger partial charge in [-0.3, -0.25) is 14.6 Å². The molecule has 0 amide bonds. The minimum Gasteiger partial charge on any atom is -0.454 e. The van der Waals surface area contributed by atoms with Crippen LogP contribution >= 0.6 is 0 Å². The number of aromatic amines is 1. The molecule has 0 saturated carbocycles.